The zero-order valence-corrected chi connectivity index (χ0v) is 29.8. The average Bonchev–Trinajstić information content (AvgIpc) is 3.09. The zero-order valence-electron chi connectivity index (χ0n) is 29.1. The van der Waals surface area contributed by atoms with Crippen LogP contribution in [0.1, 0.15) is 51.9 Å². The maximum Gasteiger partial charge on any atom is 0.261 e. The maximum absolute atomic E-state index is 14.1. The summed E-state index contributed by atoms with van der Waals surface area (Å²) >= 11 is 6.49. The summed E-state index contributed by atoms with van der Waals surface area (Å²) in [6, 6.07) is 21.6. The van der Waals surface area contributed by atoms with E-state index in [9.17, 15) is 4.79 Å². The highest BCUT2D eigenvalue weighted by Gasteiger charge is 2.56. The number of hydrogen-bond acceptors (Lipinski definition) is 6. The van der Waals surface area contributed by atoms with Crippen LogP contribution in [0, 0.1) is 23.2 Å². The fourth-order valence-electron chi connectivity index (χ4n) is 8.15. The van der Waals surface area contributed by atoms with Crippen molar-refractivity contribution in [2.24, 2.45) is 28.2 Å². The summed E-state index contributed by atoms with van der Waals surface area (Å²) < 4.78 is 13.1. The summed E-state index contributed by atoms with van der Waals surface area (Å²) in [5.74, 6) is 4.50. The zero-order chi connectivity index (χ0) is 34.3. The number of benzene rings is 3. The van der Waals surface area contributed by atoms with Crippen LogP contribution in [-0.2, 0) is 13.2 Å². The van der Waals surface area contributed by atoms with E-state index >= 15 is 0 Å². The van der Waals surface area contributed by atoms with Gasteiger partial charge < -0.3 is 25.0 Å². The third kappa shape index (κ3) is 6.75. The van der Waals surface area contributed by atoms with E-state index in [0.29, 0.717) is 63.1 Å². The van der Waals surface area contributed by atoms with Gasteiger partial charge in [0.1, 0.15) is 18.1 Å². The molecule has 49 heavy (non-hydrogen) atoms. The Kier molecular flexibility index (Phi) is 9.33. The third-order valence-electron chi connectivity index (χ3n) is 11.2. The van der Waals surface area contributed by atoms with Crippen LogP contribution in [0.5, 0.6) is 11.5 Å². The van der Waals surface area contributed by atoms with Crippen LogP contribution in [-0.4, -0.2) is 59.2 Å². The number of nitrogens with one attached hydrogen (secondary N) is 2. The van der Waals surface area contributed by atoms with E-state index < -0.39 is 0 Å². The summed E-state index contributed by atoms with van der Waals surface area (Å²) in [6.07, 6.45) is 2.45. The van der Waals surface area contributed by atoms with E-state index in [1.165, 1.54) is 6.42 Å². The van der Waals surface area contributed by atoms with Crippen LogP contribution in [0.4, 0.5) is 5.69 Å². The van der Waals surface area contributed by atoms with Gasteiger partial charge in [-0.3, -0.25) is 9.36 Å². The number of aromatic nitrogens is 2. The van der Waals surface area contributed by atoms with E-state index in [2.05, 4.69) is 43.2 Å². The smallest absolute Gasteiger partial charge is 0.261 e. The van der Waals surface area contributed by atoms with Crippen molar-refractivity contribution in [1.82, 2.24) is 19.8 Å². The van der Waals surface area contributed by atoms with Gasteiger partial charge in [-0.15, -0.1) is 0 Å². The Bertz CT molecular complexity index is 1910. The SMILES string of the molecule is COc1ccc(OCc2nc3cc(NC(=NC4C[C@@H]5C[C@H]([C@@H]4C)C5(C)C)N4CCN[C@@H](C)C4)ccc3c(=O)n2Cc2ccccc2)c(Cl)c1. The summed E-state index contributed by atoms with van der Waals surface area (Å²) in [6.45, 7) is 12.5. The van der Waals surface area contributed by atoms with Crippen molar-refractivity contribution in [3.63, 3.8) is 0 Å². The van der Waals surface area contributed by atoms with E-state index in [1.807, 2.05) is 48.5 Å². The predicted octanol–water partition coefficient (Wildman–Crippen LogP) is 6.82. The minimum Gasteiger partial charge on any atom is -0.497 e. The third-order valence-corrected chi connectivity index (χ3v) is 11.5. The van der Waals surface area contributed by atoms with Gasteiger partial charge in [-0.2, -0.15) is 0 Å². The fourth-order valence-corrected chi connectivity index (χ4v) is 8.37. The molecular weight excluding hydrogens is 636 g/mol. The first-order chi connectivity index (χ1) is 23.6. The van der Waals surface area contributed by atoms with Crippen LogP contribution in [0.25, 0.3) is 10.9 Å². The lowest BCUT2D eigenvalue weighted by Crippen LogP contribution is -2.57. The van der Waals surface area contributed by atoms with Gasteiger partial charge in [0.25, 0.3) is 5.56 Å². The number of guanidine groups is 1. The molecule has 258 valence electrons. The van der Waals surface area contributed by atoms with Gasteiger partial charge in [0, 0.05) is 37.4 Å². The van der Waals surface area contributed by atoms with E-state index in [-0.39, 0.29) is 18.2 Å². The minimum absolute atomic E-state index is 0.0609. The molecule has 4 aromatic rings. The summed E-state index contributed by atoms with van der Waals surface area (Å²) in [5, 5.41) is 8.22. The molecule has 0 amide bonds. The molecule has 1 saturated heterocycles. The molecule has 3 aliphatic carbocycles. The van der Waals surface area contributed by atoms with Gasteiger partial charge >= 0.3 is 0 Å². The second kappa shape index (κ2) is 13.7. The first-order valence-electron chi connectivity index (χ1n) is 17.5. The second-order valence-corrected chi connectivity index (χ2v) is 15.0. The molecule has 3 saturated carbocycles. The Morgan fingerprint density at radius 1 is 1.10 bits per heavy atom. The van der Waals surface area contributed by atoms with E-state index in [0.717, 1.165) is 49.2 Å². The topological polar surface area (TPSA) is 93.0 Å². The molecular formula is C39H47ClN6O3. The fraction of sp³-hybridized carbons (Fsp3) is 0.462. The largest absolute Gasteiger partial charge is 0.497 e. The molecule has 2 N–H and O–H groups in total. The van der Waals surface area contributed by atoms with E-state index in [1.54, 1.807) is 29.9 Å². The number of aliphatic imine (C=N–C) groups is 1. The van der Waals surface area contributed by atoms with Gasteiger partial charge in [-0.1, -0.05) is 62.7 Å². The first kappa shape index (κ1) is 33.4. The van der Waals surface area contributed by atoms with Crippen LogP contribution in [0.3, 0.4) is 0 Å². The highest BCUT2D eigenvalue weighted by molar-refractivity contribution is 6.32. The van der Waals surface area contributed by atoms with Gasteiger partial charge in [0.2, 0.25) is 0 Å². The molecule has 8 rings (SSSR count). The van der Waals surface area contributed by atoms with Crippen molar-refractivity contribution < 1.29 is 9.47 Å². The number of ether oxygens (including phenoxy) is 2. The lowest BCUT2D eigenvalue weighted by Gasteiger charge is -2.61. The average molecular weight is 683 g/mol. The number of methoxy groups -OCH3 is 1. The number of piperazine rings is 1. The number of hydrogen-bond donors (Lipinski definition) is 2. The Hall–Kier alpha value is -4.08. The minimum atomic E-state index is -0.123. The number of nitrogens with zero attached hydrogens (tertiary/aromatic N) is 4. The lowest BCUT2D eigenvalue weighted by molar-refractivity contribution is -0.108. The molecule has 3 aromatic carbocycles. The Balaban J connectivity index is 1.22. The Labute approximate surface area is 293 Å². The quantitative estimate of drug-likeness (QED) is 0.156. The van der Waals surface area contributed by atoms with E-state index in [4.69, 9.17) is 31.1 Å². The molecule has 0 radical (unpaired) electrons. The molecule has 4 fully saturated rings. The highest BCUT2D eigenvalue weighted by Crippen LogP contribution is 2.61. The van der Waals surface area contributed by atoms with Crippen LogP contribution < -0.4 is 25.7 Å². The van der Waals surface area contributed by atoms with Gasteiger partial charge in [0.05, 0.1) is 35.6 Å². The van der Waals surface area contributed by atoms with Crippen molar-refractivity contribution in [3.05, 3.63) is 93.5 Å². The number of fused-ring (bicyclic) bond motifs is 3. The molecule has 9 nitrogen and oxygen atoms in total. The number of anilines is 1. The van der Waals surface area contributed by atoms with Crippen LogP contribution >= 0.6 is 11.6 Å². The molecule has 2 bridgehead atoms. The monoisotopic (exact) mass is 682 g/mol. The highest BCUT2D eigenvalue weighted by atomic mass is 35.5. The lowest BCUT2D eigenvalue weighted by atomic mass is 9.45. The number of rotatable bonds is 8. The Morgan fingerprint density at radius 2 is 1.92 bits per heavy atom. The molecule has 2 heterocycles. The maximum atomic E-state index is 14.1. The van der Waals surface area contributed by atoms with Gasteiger partial charge in [-0.25, -0.2) is 9.98 Å². The summed E-state index contributed by atoms with van der Waals surface area (Å²) in [7, 11) is 1.59. The molecule has 1 aliphatic heterocycles. The molecule has 1 aromatic heterocycles. The predicted molar refractivity (Wildman–Crippen MR) is 197 cm³/mol. The normalized spacial score (nSPS) is 24.7. The molecule has 10 heteroatoms. The Morgan fingerprint density at radius 3 is 2.63 bits per heavy atom. The van der Waals surface area contributed by atoms with Gasteiger partial charge in [0.15, 0.2) is 11.8 Å². The van der Waals surface area contributed by atoms with Gasteiger partial charge in [-0.05, 0) is 78.8 Å². The molecule has 0 spiro atoms. The summed E-state index contributed by atoms with van der Waals surface area (Å²) in [5.41, 5.74) is 2.73. The van der Waals surface area contributed by atoms with Crippen LogP contribution in [0.2, 0.25) is 5.02 Å². The number of halogens is 1. The molecule has 5 atom stereocenters. The van der Waals surface area contributed by atoms with Crippen molar-refractivity contribution in [2.75, 3.05) is 32.1 Å². The molecule has 1 unspecified atom stereocenters. The standard InChI is InChI=1S/C39H47ClN6O3/c1-24-21-45(16-15-41-24)38(44-33-18-27-17-31(25(33)2)39(27,3)4)42-28-11-13-30-34(19-28)43-36(23-49-35-14-12-29(48-5)20-32(35)40)46(37(30)47)22-26-9-7-6-8-10-26/h6-14,19-20,24-25,27,31,33,41H,15-18,21-23H2,1-5H3,(H,42,44)/t24-,25-,27-,31+,33?/m0/s1. The van der Waals surface area contributed by atoms with Crippen molar-refractivity contribution >= 4 is 34.2 Å². The molecule has 4 aliphatic rings. The second-order valence-electron chi connectivity index (χ2n) is 14.6. The van der Waals surface area contributed by atoms with Crippen molar-refractivity contribution in [3.8, 4) is 11.5 Å². The van der Waals surface area contributed by atoms with Crippen molar-refractivity contribution in [1.29, 1.82) is 0 Å². The summed E-state index contributed by atoms with van der Waals surface area (Å²) in [4.78, 5) is 26.9. The first-order valence-corrected chi connectivity index (χ1v) is 17.9. The van der Waals surface area contributed by atoms with Crippen molar-refractivity contribution in [2.45, 2.75) is 65.8 Å². The van der Waals surface area contributed by atoms with Crippen LogP contribution in [0.15, 0.2) is 76.5 Å².